The molecule has 32 heavy (non-hydrogen) atoms. The number of benzene rings is 3. The molecule has 0 aliphatic rings. The number of aryl methyl sites for hydroxylation is 6. The number of methoxy groups -OCH3 is 2. The van der Waals surface area contributed by atoms with E-state index in [0.29, 0.717) is 22.1 Å². The third-order valence-electron chi connectivity index (χ3n) is 5.83. The lowest BCUT2D eigenvalue weighted by atomic mass is 10.1. The van der Waals surface area contributed by atoms with Gasteiger partial charge >= 0.3 is 0 Å². The minimum Gasteiger partial charge on any atom is -0.496 e. The molecule has 0 spiro atoms. The molecular formula is C27H31O4P. The van der Waals surface area contributed by atoms with E-state index in [2.05, 4.69) is 0 Å². The fourth-order valence-corrected chi connectivity index (χ4v) is 8.28. The average Bonchev–Trinajstić information content (AvgIpc) is 2.70. The molecule has 3 aromatic carbocycles. The first-order valence-corrected chi connectivity index (χ1v) is 12.3. The molecule has 5 heteroatoms. The summed E-state index contributed by atoms with van der Waals surface area (Å²) in [7, 11) is -0.804. The Morgan fingerprint density at radius 3 is 1.34 bits per heavy atom. The van der Waals surface area contributed by atoms with Crippen molar-refractivity contribution in [2.45, 2.75) is 41.5 Å². The highest BCUT2D eigenvalue weighted by atomic mass is 31.2. The highest BCUT2D eigenvalue weighted by molar-refractivity contribution is 7.93. The van der Waals surface area contributed by atoms with E-state index in [-0.39, 0.29) is 5.56 Å². The third kappa shape index (κ3) is 3.89. The zero-order valence-corrected chi connectivity index (χ0v) is 21.0. The molecule has 0 aromatic heterocycles. The van der Waals surface area contributed by atoms with Crippen molar-refractivity contribution in [3.05, 3.63) is 81.4 Å². The molecular weight excluding hydrogens is 419 g/mol. The highest BCUT2D eigenvalue weighted by Gasteiger charge is 2.43. The molecule has 0 N–H and O–H groups in total. The zero-order valence-electron chi connectivity index (χ0n) is 20.1. The molecule has 0 bridgehead atoms. The predicted octanol–water partition coefficient (Wildman–Crippen LogP) is 5.71. The zero-order chi connectivity index (χ0) is 23.8. The van der Waals surface area contributed by atoms with E-state index in [1.807, 2.05) is 65.8 Å². The van der Waals surface area contributed by atoms with Crippen molar-refractivity contribution < 1.29 is 18.8 Å². The molecule has 3 rings (SSSR count). The Labute approximate surface area is 191 Å². The largest absolute Gasteiger partial charge is 0.496 e. The van der Waals surface area contributed by atoms with E-state index in [1.165, 1.54) is 14.2 Å². The summed E-state index contributed by atoms with van der Waals surface area (Å²) in [6.45, 7) is 11.7. The smallest absolute Gasteiger partial charge is 0.237 e. The van der Waals surface area contributed by atoms with Gasteiger partial charge in [0, 0.05) is 10.6 Å². The average molecular weight is 451 g/mol. The molecule has 0 saturated heterocycles. The molecule has 0 saturated carbocycles. The summed E-state index contributed by atoms with van der Waals surface area (Å²) in [5.74, 6) is 0.693. The number of ether oxygens (including phenoxy) is 2. The minimum atomic E-state index is -3.81. The Balaban J connectivity index is 2.50. The maximum Gasteiger partial charge on any atom is 0.237 e. The van der Waals surface area contributed by atoms with Crippen molar-refractivity contribution in [3.8, 4) is 11.5 Å². The lowest BCUT2D eigenvalue weighted by Crippen LogP contribution is -2.30. The summed E-state index contributed by atoms with van der Waals surface area (Å²) in [5.41, 5.74) is 5.22. The maximum absolute atomic E-state index is 15.3. The molecule has 168 valence electrons. The van der Waals surface area contributed by atoms with Crippen LogP contribution in [0.5, 0.6) is 11.5 Å². The Morgan fingerprint density at radius 1 is 0.688 bits per heavy atom. The second kappa shape index (κ2) is 8.96. The van der Waals surface area contributed by atoms with Crippen molar-refractivity contribution in [2.24, 2.45) is 0 Å². The van der Waals surface area contributed by atoms with Crippen LogP contribution in [0.4, 0.5) is 0 Å². The van der Waals surface area contributed by atoms with Gasteiger partial charge in [0.15, 0.2) is 0 Å². The van der Waals surface area contributed by atoms with Gasteiger partial charge in [-0.2, -0.15) is 0 Å². The van der Waals surface area contributed by atoms with Gasteiger partial charge in [0.25, 0.3) is 0 Å². The fraction of sp³-hybridized carbons (Fsp3) is 0.296. The normalized spacial score (nSPS) is 11.4. The quantitative estimate of drug-likeness (QED) is 0.452. The van der Waals surface area contributed by atoms with Crippen molar-refractivity contribution in [1.82, 2.24) is 0 Å². The van der Waals surface area contributed by atoms with Gasteiger partial charge in [0.05, 0.1) is 14.2 Å². The Morgan fingerprint density at radius 2 is 1.03 bits per heavy atom. The standard InChI is InChI=1S/C27H31O4P/c1-16-12-18(3)25(19(4)13-16)32(29,26-20(5)14-17(2)15-21(26)6)27(28)24-22(30-7)10-9-11-23(24)31-8/h9-15H,1-8H3. The van der Waals surface area contributed by atoms with Crippen molar-refractivity contribution >= 4 is 23.3 Å². The molecule has 0 radical (unpaired) electrons. The van der Waals surface area contributed by atoms with Gasteiger partial charge < -0.3 is 14.0 Å². The number of carbonyl (C=O) groups excluding carboxylic acids is 1. The summed E-state index contributed by atoms with van der Waals surface area (Å²) in [6.07, 6.45) is 0. The molecule has 0 aliphatic heterocycles. The highest BCUT2D eigenvalue weighted by Crippen LogP contribution is 2.53. The van der Waals surface area contributed by atoms with Crippen LogP contribution in [0.2, 0.25) is 0 Å². The lowest BCUT2D eigenvalue weighted by Gasteiger charge is -2.27. The first-order chi connectivity index (χ1) is 15.1. The van der Waals surface area contributed by atoms with Crippen molar-refractivity contribution in [2.75, 3.05) is 14.2 Å². The SMILES string of the molecule is COc1cccc(OC)c1C(=O)P(=O)(c1c(C)cc(C)cc1C)c1c(C)cc(C)cc1C. The second-order valence-electron chi connectivity index (χ2n) is 8.45. The first kappa shape index (κ1) is 23.8. The Kier molecular flexibility index (Phi) is 6.67. The van der Waals surface area contributed by atoms with Gasteiger partial charge in [0.2, 0.25) is 12.7 Å². The van der Waals surface area contributed by atoms with Crippen LogP contribution in [-0.4, -0.2) is 19.7 Å². The van der Waals surface area contributed by atoms with Crippen LogP contribution >= 0.6 is 7.14 Å². The number of hydrogen-bond donors (Lipinski definition) is 0. The monoisotopic (exact) mass is 450 g/mol. The summed E-state index contributed by atoms with van der Waals surface area (Å²) >= 11 is 0. The van der Waals surface area contributed by atoms with Crippen molar-refractivity contribution in [1.29, 1.82) is 0 Å². The van der Waals surface area contributed by atoms with Gasteiger partial charge in [-0.15, -0.1) is 0 Å². The van der Waals surface area contributed by atoms with Crippen LogP contribution in [0, 0.1) is 41.5 Å². The molecule has 0 fully saturated rings. The van der Waals surface area contributed by atoms with Crippen LogP contribution in [-0.2, 0) is 4.57 Å². The summed E-state index contributed by atoms with van der Waals surface area (Å²) in [6, 6.07) is 13.1. The Bertz CT molecular complexity index is 1130. The fourth-order valence-electron chi connectivity index (χ4n) is 4.87. The van der Waals surface area contributed by atoms with E-state index in [4.69, 9.17) is 9.47 Å². The van der Waals surface area contributed by atoms with Crippen LogP contribution < -0.4 is 20.1 Å². The van der Waals surface area contributed by atoms with Crippen LogP contribution in [0.3, 0.4) is 0 Å². The van der Waals surface area contributed by atoms with Gasteiger partial charge in [-0.05, 0) is 75.9 Å². The first-order valence-electron chi connectivity index (χ1n) is 10.6. The van der Waals surface area contributed by atoms with Crippen LogP contribution in [0.1, 0.15) is 43.7 Å². The van der Waals surface area contributed by atoms with Gasteiger partial charge in [-0.3, -0.25) is 4.79 Å². The predicted molar refractivity (Wildman–Crippen MR) is 132 cm³/mol. The summed E-state index contributed by atoms with van der Waals surface area (Å²) in [4.78, 5) is 14.4. The van der Waals surface area contributed by atoms with Gasteiger partial charge in [0.1, 0.15) is 17.1 Å². The number of rotatable bonds is 6. The molecule has 0 atom stereocenters. The Hall–Kier alpha value is -2.84. The third-order valence-corrected chi connectivity index (χ3v) is 9.29. The van der Waals surface area contributed by atoms with Crippen LogP contribution in [0.25, 0.3) is 0 Å². The van der Waals surface area contributed by atoms with E-state index >= 15 is 4.57 Å². The van der Waals surface area contributed by atoms with Crippen LogP contribution in [0.15, 0.2) is 42.5 Å². The summed E-state index contributed by atoms with van der Waals surface area (Å²) < 4.78 is 26.3. The van der Waals surface area contributed by atoms with E-state index in [9.17, 15) is 4.79 Å². The molecule has 0 heterocycles. The molecule has 4 nitrogen and oxygen atoms in total. The second-order valence-corrected chi connectivity index (χ2v) is 11.0. The summed E-state index contributed by atoms with van der Waals surface area (Å²) in [5, 5.41) is 1.19. The van der Waals surface area contributed by atoms with Crippen molar-refractivity contribution in [3.63, 3.8) is 0 Å². The molecule has 0 unspecified atom stereocenters. The van der Waals surface area contributed by atoms with E-state index in [1.54, 1.807) is 18.2 Å². The van der Waals surface area contributed by atoms with Gasteiger partial charge in [-0.25, -0.2) is 0 Å². The maximum atomic E-state index is 15.3. The van der Waals surface area contributed by atoms with E-state index in [0.717, 1.165) is 33.4 Å². The topological polar surface area (TPSA) is 52.6 Å². The molecule has 3 aromatic rings. The molecule has 0 aliphatic carbocycles. The lowest BCUT2D eigenvalue weighted by molar-refractivity contribution is 0.107. The number of hydrogen-bond acceptors (Lipinski definition) is 4. The molecule has 0 amide bonds. The van der Waals surface area contributed by atoms with E-state index < -0.39 is 12.7 Å². The van der Waals surface area contributed by atoms with Gasteiger partial charge in [-0.1, -0.05) is 41.5 Å². The number of carbonyl (C=O) groups is 1. The minimum absolute atomic E-state index is 0.208.